The average Bonchev–Trinajstić information content (AvgIpc) is 2.94. The third-order valence-electron chi connectivity index (χ3n) is 3.21. The van der Waals surface area contributed by atoms with Crippen LogP contribution >= 0.6 is 15.9 Å². The second-order valence-electron chi connectivity index (χ2n) is 4.95. The Morgan fingerprint density at radius 2 is 2.40 bits per heavy atom. The van der Waals surface area contributed by atoms with Crippen molar-refractivity contribution in [2.75, 3.05) is 26.4 Å². The van der Waals surface area contributed by atoms with Gasteiger partial charge in [0.15, 0.2) is 0 Å². The second-order valence-corrected chi connectivity index (χ2v) is 5.80. The highest BCUT2D eigenvalue weighted by molar-refractivity contribution is 9.10. The van der Waals surface area contributed by atoms with Crippen molar-refractivity contribution >= 4 is 21.8 Å². The van der Waals surface area contributed by atoms with Gasteiger partial charge in [-0.2, -0.15) is 0 Å². The van der Waals surface area contributed by atoms with Crippen molar-refractivity contribution in [1.82, 2.24) is 5.32 Å². The Balaban J connectivity index is 1.68. The summed E-state index contributed by atoms with van der Waals surface area (Å²) in [5.41, 5.74) is 1.75. The Morgan fingerprint density at radius 1 is 1.55 bits per heavy atom. The molecular weight excluding hydrogens is 322 g/mol. The zero-order valence-electron chi connectivity index (χ0n) is 11.7. The quantitative estimate of drug-likeness (QED) is 0.809. The average molecular weight is 342 g/mol. The Bertz CT molecular complexity index is 458. The molecule has 1 N–H and O–H groups in total. The normalized spacial score (nSPS) is 18.2. The first-order valence-electron chi connectivity index (χ1n) is 6.90. The number of hydrogen-bond donors (Lipinski definition) is 1. The molecule has 0 bridgehead atoms. The summed E-state index contributed by atoms with van der Waals surface area (Å²) in [7, 11) is 0. The fourth-order valence-electron chi connectivity index (χ4n) is 2.08. The fourth-order valence-corrected chi connectivity index (χ4v) is 2.50. The monoisotopic (exact) mass is 341 g/mol. The minimum absolute atomic E-state index is 0.0511. The van der Waals surface area contributed by atoms with Crippen LogP contribution in [0.5, 0.6) is 0 Å². The van der Waals surface area contributed by atoms with Gasteiger partial charge in [0.2, 0.25) is 0 Å². The van der Waals surface area contributed by atoms with Gasteiger partial charge in [0, 0.05) is 24.2 Å². The molecule has 1 aliphatic rings. The van der Waals surface area contributed by atoms with Crippen LogP contribution in [-0.4, -0.2) is 38.4 Å². The van der Waals surface area contributed by atoms with E-state index >= 15 is 0 Å². The molecule has 0 aromatic heterocycles. The molecule has 4 nitrogen and oxygen atoms in total. The van der Waals surface area contributed by atoms with E-state index < -0.39 is 0 Å². The molecule has 1 aromatic rings. The van der Waals surface area contributed by atoms with Crippen molar-refractivity contribution in [2.45, 2.75) is 25.9 Å². The Labute approximate surface area is 128 Å². The number of carbonyl (C=O) groups excluding carboxylic acids is 1. The van der Waals surface area contributed by atoms with E-state index in [1.165, 1.54) is 0 Å². The van der Waals surface area contributed by atoms with Crippen LogP contribution in [0.3, 0.4) is 0 Å². The number of benzene rings is 1. The van der Waals surface area contributed by atoms with Crippen LogP contribution in [0.25, 0.3) is 0 Å². The maximum Gasteiger partial charge on any atom is 0.252 e. The van der Waals surface area contributed by atoms with Crippen LogP contribution in [0, 0.1) is 6.92 Å². The van der Waals surface area contributed by atoms with Gasteiger partial charge >= 0.3 is 0 Å². The number of halogens is 1. The first kappa shape index (κ1) is 15.5. The summed E-state index contributed by atoms with van der Waals surface area (Å²) < 4.78 is 11.7. The summed E-state index contributed by atoms with van der Waals surface area (Å²) in [6, 6.07) is 5.75. The summed E-state index contributed by atoms with van der Waals surface area (Å²) >= 11 is 3.40. The first-order chi connectivity index (χ1) is 9.66. The molecule has 1 heterocycles. The Kier molecular flexibility index (Phi) is 6.01. The highest BCUT2D eigenvalue weighted by Crippen LogP contribution is 2.17. The zero-order valence-corrected chi connectivity index (χ0v) is 13.2. The van der Waals surface area contributed by atoms with Gasteiger partial charge in [-0.05, 0) is 47.8 Å². The fraction of sp³-hybridized carbons (Fsp3) is 0.533. The first-order valence-corrected chi connectivity index (χ1v) is 7.70. The Morgan fingerprint density at radius 3 is 3.15 bits per heavy atom. The van der Waals surface area contributed by atoms with Crippen LogP contribution in [0.2, 0.25) is 0 Å². The molecule has 110 valence electrons. The molecule has 0 radical (unpaired) electrons. The highest BCUT2D eigenvalue weighted by atomic mass is 79.9. The highest BCUT2D eigenvalue weighted by Gasteiger charge is 2.15. The van der Waals surface area contributed by atoms with Crippen molar-refractivity contribution in [3.8, 4) is 0 Å². The number of ether oxygens (including phenoxy) is 2. The predicted octanol–water partition coefficient (Wildman–Crippen LogP) is 2.68. The number of nitrogens with one attached hydrogen (secondary N) is 1. The minimum Gasteiger partial charge on any atom is -0.379 e. The molecule has 1 amide bonds. The molecule has 1 aliphatic heterocycles. The molecule has 1 fully saturated rings. The van der Waals surface area contributed by atoms with Crippen LogP contribution in [0.15, 0.2) is 22.7 Å². The van der Waals surface area contributed by atoms with Gasteiger partial charge in [0.1, 0.15) is 0 Å². The van der Waals surface area contributed by atoms with Gasteiger partial charge in [-0.25, -0.2) is 0 Å². The van der Waals surface area contributed by atoms with Crippen molar-refractivity contribution < 1.29 is 14.3 Å². The molecule has 1 saturated heterocycles. The molecule has 0 saturated carbocycles. The van der Waals surface area contributed by atoms with Crippen molar-refractivity contribution in [3.05, 3.63) is 33.8 Å². The molecule has 0 unspecified atom stereocenters. The lowest BCUT2D eigenvalue weighted by Crippen LogP contribution is -2.26. The third-order valence-corrected chi connectivity index (χ3v) is 3.91. The lowest BCUT2D eigenvalue weighted by Gasteiger charge is -2.10. The molecular formula is C15H20BrNO3. The molecule has 0 aliphatic carbocycles. The van der Waals surface area contributed by atoms with Gasteiger partial charge in [-0.15, -0.1) is 0 Å². The smallest absolute Gasteiger partial charge is 0.252 e. The minimum atomic E-state index is -0.0511. The van der Waals surface area contributed by atoms with Gasteiger partial charge in [-0.1, -0.05) is 11.6 Å². The van der Waals surface area contributed by atoms with E-state index in [4.69, 9.17) is 9.47 Å². The number of hydrogen-bond acceptors (Lipinski definition) is 3. The summed E-state index contributed by atoms with van der Waals surface area (Å²) in [5.74, 6) is -0.0511. The van der Waals surface area contributed by atoms with Crippen LogP contribution in [0.1, 0.15) is 28.8 Å². The largest absolute Gasteiger partial charge is 0.379 e. The van der Waals surface area contributed by atoms with E-state index in [0.29, 0.717) is 25.3 Å². The predicted molar refractivity (Wildman–Crippen MR) is 81.0 cm³/mol. The van der Waals surface area contributed by atoms with E-state index in [9.17, 15) is 4.79 Å². The topological polar surface area (TPSA) is 47.6 Å². The van der Waals surface area contributed by atoms with Crippen LogP contribution in [0.4, 0.5) is 0 Å². The molecule has 20 heavy (non-hydrogen) atoms. The molecule has 1 aromatic carbocycles. The van der Waals surface area contributed by atoms with E-state index in [-0.39, 0.29) is 12.0 Å². The third kappa shape index (κ3) is 4.58. The summed E-state index contributed by atoms with van der Waals surface area (Å²) in [4.78, 5) is 12.0. The number of amides is 1. The van der Waals surface area contributed by atoms with Crippen LogP contribution < -0.4 is 5.32 Å². The van der Waals surface area contributed by atoms with E-state index in [0.717, 1.165) is 29.5 Å². The van der Waals surface area contributed by atoms with Crippen molar-refractivity contribution in [3.63, 3.8) is 0 Å². The molecule has 2 rings (SSSR count). The molecule has 0 spiro atoms. The van der Waals surface area contributed by atoms with Crippen molar-refractivity contribution in [1.29, 1.82) is 0 Å². The van der Waals surface area contributed by atoms with E-state index in [1.54, 1.807) is 0 Å². The standard InChI is InChI=1S/C15H20BrNO3/c1-11-3-4-14(16)13(9-11)15(18)17-6-2-7-20-12-5-8-19-10-12/h3-4,9,12H,2,5-8,10H2,1H3,(H,17,18)/t12-/m0/s1. The van der Waals surface area contributed by atoms with Crippen LogP contribution in [-0.2, 0) is 9.47 Å². The molecule has 5 heteroatoms. The maximum absolute atomic E-state index is 12.0. The number of rotatable bonds is 6. The summed E-state index contributed by atoms with van der Waals surface area (Å²) in [5, 5.41) is 2.91. The zero-order chi connectivity index (χ0) is 14.4. The second kappa shape index (κ2) is 7.76. The van der Waals surface area contributed by atoms with Gasteiger partial charge in [-0.3, -0.25) is 4.79 Å². The lowest BCUT2D eigenvalue weighted by molar-refractivity contribution is 0.0415. The van der Waals surface area contributed by atoms with E-state index in [2.05, 4.69) is 21.2 Å². The van der Waals surface area contributed by atoms with Crippen molar-refractivity contribution in [2.24, 2.45) is 0 Å². The van der Waals surface area contributed by atoms with E-state index in [1.807, 2.05) is 25.1 Å². The Hall–Kier alpha value is -0.910. The summed E-state index contributed by atoms with van der Waals surface area (Å²) in [6.45, 7) is 4.74. The van der Waals surface area contributed by atoms with Gasteiger partial charge in [0.25, 0.3) is 5.91 Å². The lowest BCUT2D eigenvalue weighted by atomic mass is 10.1. The van der Waals surface area contributed by atoms with Gasteiger partial charge < -0.3 is 14.8 Å². The number of aryl methyl sites for hydroxylation is 1. The van der Waals surface area contributed by atoms with Gasteiger partial charge in [0.05, 0.1) is 18.3 Å². The SMILES string of the molecule is Cc1ccc(Br)c(C(=O)NCCCO[C@H]2CCOC2)c1. The maximum atomic E-state index is 12.0. The molecule has 1 atom stereocenters. The summed E-state index contributed by atoms with van der Waals surface area (Å²) in [6.07, 6.45) is 2.02. The number of carbonyl (C=O) groups is 1.